The van der Waals surface area contributed by atoms with Crippen molar-refractivity contribution < 1.29 is 9.90 Å². The minimum atomic E-state index is -0.837. The molecule has 0 atom stereocenters. The Morgan fingerprint density at radius 1 is 1.38 bits per heavy atom. The van der Waals surface area contributed by atoms with E-state index in [0.717, 1.165) is 22.9 Å². The van der Waals surface area contributed by atoms with Crippen molar-refractivity contribution in [3.63, 3.8) is 0 Å². The van der Waals surface area contributed by atoms with Crippen molar-refractivity contribution in [3.05, 3.63) is 35.5 Å². The van der Waals surface area contributed by atoms with Crippen LogP contribution in [0.25, 0.3) is 10.9 Å². The van der Waals surface area contributed by atoms with Crippen LogP contribution in [-0.2, 0) is 13.0 Å². The molecule has 82 valence electrons. The number of amides is 1. The third kappa shape index (κ3) is 1.26. The number of nitrogens with zero attached hydrogens (tertiary/aromatic N) is 1. The molecule has 1 aliphatic heterocycles. The standard InChI is InChI=1S/C12H12N2O2/c15-12(16)14-6-5-11-9(7-14)8-3-1-2-4-10(8)13-11/h1-4,13H,5-7H2,(H,15,16). The molecule has 2 N–H and O–H groups in total. The number of H-pyrrole nitrogens is 1. The summed E-state index contributed by atoms with van der Waals surface area (Å²) in [6, 6.07) is 8.03. The van der Waals surface area contributed by atoms with Crippen LogP contribution >= 0.6 is 0 Å². The van der Waals surface area contributed by atoms with Crippen LogP contribution in [0, 0.1) is 0 Å². The number of benzene rings is 1. The van der Waals surface area contributed by atoms with Crippen LogP contribution in [0.4, 0.5) is 4.79 Å². The van der Waals surface area contributed by atoms with E-state index in [2.05, 4.69) is 4.98 Å². The number of hydrogen-bond donors (Lipinski definition) is 2. The Morgan fingerprint density at radius 2 is 2.19 bits per heavy atom. The van der Waals surface area contributed by atoms with E-state index in [4.69, 9.17) is 5.11 Å². The van der Waals surface area contributed by atoms with Gasteiger partial charge in [0.1, 0.15) is 0 Å². The minimum Gasteiger partial charge on any atom is -0.465 e. The maximum atomic E-state index is 10.9. The highest BCUT2D eigenvalue weighted by Gasteiger charge is 2.22. The maximum absolute atomic E-state index is 10.9. The molecule has 0 bridgehead atoms. The highest BCUT2D eigenvalue weighted by molar-refractivity contribution is 5.85. The Labute approximate surface area is 92.5 Å². The molecule has 4 nitrogen and oxygen atoms in total. The molecule has 4 heteroatoms. The fourth-order valence-electron chi connectivity index (χ4n) is 2.33. The van der Waals surface area contributed by atoms with Crippen molar-refractivity contribution in [2.45, 2.75) is 13.0 Å². The van der Waals surface area contributed by atoms with Gasteiger partial charge in [-0.25, -0.2) is 4.79 Å². The maximum Gasteiger partial charge on any atom is 0.407 e. The Bertz CT molecular complexity index is 559. The summed E-state index contributed by atoms with van der Waals surface area (Å²) in [6.45, 7) is 1.07. The molecule has 0 aliphatic carbocycles. The molecule has 1 aromatic heterocycles. The number of nitrogens with one attached hydrogen (secondary N) is 1. The summed E-state index contributed by atoms with van der Waals surface area (Å²) in [5.41, 5.74) is 3.41. The zero-order valence-electron chi connectivity index (χ0n) is 8.73. The Kier molecular flexibility index (Phi) is 1.89. The lowest BCUT2D eigenvalue weighted by atomic mass is 10.1. The number of aromatic nitrogens is 1. The largest absolute Gasteiger partial charge is 0.465 e. The molecule has 3 rings (SSSR count). The van der Waals surface area contributed by atoms with Crippen molar-refractivity contribution in [3.8, 4) is 0 Å². The van der Waals surface area contributed by atoms with Crippen LogP contribution in [0.3, 0.4) is 0 Å². The second-order valence-electron chi connectivity index (χ2n) is 4.08. The number of para-hydroxylation sites is 1. The lowest BCUT2D eigenvalue weighted by Crippen LogP contribution is -2.34. The van der Waals surface area contributed by atoms with E-state index in [9.17, 15) is 4.79 Å². The van der Waals surface area contributed by atoms with Crippen LogP contribution in [0.1, 0.15) is 11.3 Å². The Hall–Kier alpha value is -1.97. The van der Waals surface area contributed by atoms with Crippen LogP contribution < -0.4 is 0 Å². The summed E-state index contributed by atoms with van der Waals surface area (Å²) >= 11 is 0. The molecule has 0 radical (unpaired) electrons. The van der Waals surface area contributed by atoms with E-state index in [1.54, 1.807) is 0 Å². The fourth-order valence-corrected chi connectivity index (χ4v) is 2.33. The first-order valence-corrected chi connectivity index (χ1v) is 5.32. The van der Waals surface area contributed by atoms with Gasteiger partial charge >= 0.3 is 6.09 Å². The molecule has 0 spiro atoms. The van der Waals surface area contributed by atoms with Gasteiger partial charge in [0.05, 0.1) is 6.54 Å². The highest BCUT2D eigenvalue weighted by Crippen LogP contribution is 2.27. The molecule has 16 heavy (non-hydrogen) atoms. The highest BCUT2D eigenvalue weighted by atomic mass is 16.4. The van der Waals surface area contributed by atoms with E-state index < -0.39 is 6.09 Å². The number of aromatic amines is 1. The topological polar surface area (TPSA) is 56.3 Å². The Morgan fingerprint density at radius 3 is 3.00 bits per heavy atom. The molecule has 0 unspecified atom stereocenters. The first-order chi connectivity index (χ1) is 7.75. The lowest BCUT2D eigenvalue weighted by molar-refractivity contribution is 0.140. The van der Waals surface area contributed by atoms with E-state index in [1.807, 2.05) is 24.3 Å². The molecule has 1 aromatic carbocycles. The smallest absolute Gasteiger partial charge is 0.407 e. The van der Waals surface area contributed by atoms with Crippen molar-refractivity contribution in [2.75, 3.05) is 6.54 Å². The molecule has 1 amide bonds. The zero-order chi connectivity index (χ0) is 11.1. The van der Waals surface area contributed by atoms with Gasteiger partial charge in [-0.3, -0.25) is 0 Å². The first kappa shape index (κ1) is 9.27. The van der Waals surface area contributed by atoms with E-state index in [1.165, 1.54) is 10.6 Å². The number of hydrogen-bond acceptors (Lipinski definition) is 1. The van der Waals surface area contributed by atoms with Crippen molar-refractivity contribution in [1.29, 1.82) is 0 Å². The predicted molar refractivity (Wildman–Crippen MR) is 60.4 cm³/mol. The summed E-state index contributed by atoms with van der Waals surface area (Å²) in [4.78, 5) is 15.8. The van der Waals surface area contributed by atoms with Gasteiger partial charge in [-0.2, -0.15) is 0 Å². The quantitative estimate of drug-likeness (QED) is 0.709. The van der Waals surface area contributed by atoms with Crippen LogP contribution in [0.15, 0.2) is 24.3 Å². The molecular weight excluding hydrogens is 204 g/mol. The zero-order valence-corrected chi connectivity index (χ0v) is 8.73. The van der Waals surface area contributed by atoms with Gasteiger partial charge in [-0.1, -0.05) is 18.2 Å². The van der Waals surface area contributed by atoms with Gasteiger partial charge in [0.25, 0.3) is 0 Å². The van der Waals surface area contributed by atoms with Gasteiger partial charge in [-0.05, 0) is 6.07 Å². The van der Waals surface area contributed by atoms with Gasteiger partial charge in [0.15, 0.2) is 0 Å². The normalized spacial score (nSPS) is 15.1. The molecule has 2 heterocycles. The van der Waals surface area contributed by atoms with Crippen molar-refractivity contribution >= 4 is 17.0 Å². The lowest BCUT2D eigenvalue weighted by Gasteiger charge is -2.24. The van der Waals surface area contributed by atoms with E-state index in [-0.39, 0.29) is 0 Å². The molecule has 1 aliphatic rings. The van der Waals surface area contributed by atoms with Crippen molar-refractivity contribution in [2.24, 2.45) is 0 Å². The van der Waals surface area contributed by atoms with Crippen molar-refractivity contribution in [1.82, 2.24) is 9.88 Å². The molecule has 0 saturated carbocycles. The Balaban J connectivity index is 2.11. The monoisotopic (exact) mass is 216 g/mol. The predicted octanol–water partition coefficient (Wildman–Crippen LogP) is 2.20. The SMILES string of the molecule is O=C(O)N1CCc2[nH]c3ccccc3c2C1. The van der Waals surface area contributed by atoms with E-state index >= 15 is 0 Å². The second kappa shape index (κ2) is 3.27. The van der Waals surface area contributed by atoms with Gasteiger partial charge in [0, 0.05) is 35.1 Å². The number of carbonyl (C=O) groups is 1. The van der Waals surface area contributed by atoms with Gasteiger partial charge < -0.3 is 15.0 Å². The summed E-state index contributed by atoms with van der Waals surface area (Å²) in [7, 11) is 0. The second-order valence-corrected chi connectivity index (χ2v) is 4.08. The summed E-state index contributed by atoms with van der Waals surface area (Å²) in [5, 5.41) is 10.1. The number of fused-ring (bicyclic) bond motifs is 3. The average molecular weight is 216 g/mol. The van der Waals surface area contributed by atoms with Gasteiger partial charge in [-0.15, -0.1) is 0 Å². The first-order valence-electron chi connectivity index (χ1n) is 5.32. The fraction of sp³-hybridized carbons (Fsp3) is 0.250. The van der Waals surface area contributed by atoms with Crippen LogP contribution in [0.2, 0.25) is 0 Å². The third-order valence-corrected chi connectivity index (χ3v) is 3.15. The minimum absolute atomic E-state index is 0.495. The van der Waals surface area contributed by atoms with Gasteiger partial charge in [0.2, 0.25) is 0 Å². The summed E-state index contributed by atoms with van der Waals surface area (Å²) in [5.74, 6) is 0. The molecule has 2 aromatic rings. The molecule has 0 saturated heterocycles. The number of carboxylic acid groups (broad SMARTS) is 1. The average Bonchev–Trinajstić information content (AvgIpc) is 2.66. The third-order valence-electron chi connectivity index (χ3n) is 3.15. The van der Waals surface area contributed by atoms with Crippen LogP contribution in [0.5, 0.6) is 0 Å². The summed E-state index contributed by atoms with van der Waals surface area (Å²) < 4.78 is 0. The van der Waals surface area contributed by atoms with E-state index in [0.29, 0.717) is 13.1 Å². The van der Waals surface area contributed by atoms with Crippen LogP contribution in [-0.4, -0.2) is 27.6 Å². The summed E-state index contributed by atoms with van der Waals surface area (Å²) in [6.07, 6.45) is -0.0630. The molecular formula is C12H12N2O2. The molecule has 0 fully saturated rings. The number of rotatable bonds is 0.